The van der Waals surface area contributed by atoms with E-state index in [2.05, 4.69) is 20.9 Å². The molecule has 2 nitrogen and oxygen atoms in total. The molecule has 0 bridgehead atoms. The topological polar surface area (TPSA) is 33.1 Å². The third-order valence-electron chi connectivity index (χ3n) is 2.59. The molecule has 0 fully saturated rings. The minimum Gasteiger partial charge on any atom is -0.392 e. The highest BCUT2D eigenvalue weighted by Crippen LogP contribution is 2.12. The summed E-state index contributed by atoms with van der Waals surface area (Å²) in [6.45, 7) is 0. The van der Waals surface area contributed by atoms with E-state index < -0.39 is 6.10 Å². The van der Waals surface area contributed by atoms with Gasteiger partial charge in [0.05, 0.1) is 6.10 Å². The van der Waals surface area contributed by atoms with Crippen molar-refractivity contribution in [3.63, 3.8) is 0 Å². The summed E-state index contributed by atoms with van der Waals surface area (Å²) in [5.41, 5.74) is 1.61. The molecule has 0 saturated carbocycles. The van der Waals surface area contributed by atoms with Crippen LogP contribution in [0.4, 0.5) is 4.39 Å². The molecule has 1 N–H and O–H groups in total. The lowest BCUT2D eigenvalue weighted by Gasteiger charge is -2.10. The second-order valence-corrected chi connectivity index (χ2v) is 5.08. The largest absolute Gasteiger partial charge is 0.392 e. The summed E-state index contributed by atoms with van der Waals surface area (Å²) >= 11 is 3.31. The predicted molar refractivity (Wildman–Crippen MR) is 71.8 cm³/mol. The maximum absolute atomic E-state index is 13.0. The summed E-state index contributed by atoms with van der Waals surface area (Å²) in [5.74, 6) is -0.276. The van der Waals surface area contributed by atoms with Gasteiger partial charge in [0.2, 0.25) is 0 Å². The van der Waals surface area contributed by atoms with E-state index >= 15 is 0 Å². The summed E-state index contributed by atoms with van der Waals surface area (Å²) in [4.78, 5) is 4.20. The van der Waals surface area contributed by atoms with Crippen LogP contribution in [0.25, 0.3) is 0 Å². The molecule has 1 aromatic heterocycles. The number of rotatable bonds is 4. The summed E-state index contributed by atoms with van der Waals surface area (Å²) in [6, 6.07) is 10.0. The van der Waals surface area contributed by atoms with Gasteiger partial charge in [-0.25, -0.2) is 4.39 Å². The fraction of sp³-hybridized carbons (Fsp3) is 0.214. The summed E-state index contributed by atoms with van der Waals surface area (Å²) in [5, 5.41) is 9.94. The Balaban J connectivity index is 1.96. The summed E-state index contributed by atoms with van der Waals surface area (Å²) < 4.78 is 13.9. The van der Waals surface area contributed by atoms with Crippen molar-refractivity contribution in [2.24, 2.45) is 0 Å². The van der Waals surface area contributed by atoms with Crippen molar-refractivity contribution in [1.82, 2.24) is 4.98 Å². The number of pyridine rings is 1. The van der Waals surface area contributed by atoms with E-state index in [4.69, 9.17) is 0 Å². The van der Waals surface area contributed by atoms with Crippen LogP contribution in [0.1, 0.15) is 11.3 Å². The molecular formula is C14H13BrFNO. The van der Waals surface area contributed by atoms with Crippen molar-refractivity contribution >= 4 is 15.9 Å². The van der Waals surface area contributed by atoms with E-state index in [1.165, 1.54) is 12.1 Å². The van der Waals surface area contributed by atoms with E-state index in [1.807, 2.05) is 12.1 Å². The SMILES string of the molecule is OC(Cc1cccc(F)c1)Cc1ccc(Br)cn1. The minimum absolute atomic E-state index is 0.276. The first-order chi connectivity index (χ1) is 8.63. The molecular weight excluding hydrogens is 297 g/mol. The van der Waals surface area contributed by atoms with Crippen molar-refractivity contribution in [1.29, 1.82) is 0 Å². The summed E-state index contributed by atoms with van der Waals surface area (Å²) in [7, 11) is 0. The van der Waals surface area contributed by atoms with Crippen molar-refractivity contribution in [3.05, 3.63) is 64.1 Å². The minimum atomic E-state index is -0.555. The van der Waals surface area contributed by atoms with Gasteiger partial charge < -0.3 is 5.11 Å². The molecule has 0 aliphatic rings. The molecule has 1 aromatic carbocycles. The first-order valence-corrected chi connectivity index (χ1v) is 6.46. The van der Waals surface area contributed by atoms with E-state index in [0.717, 1.165) is 15.7 Å². The Bertz CT molecular complexity index is 515. The van der Waals surface area contributed by atoms with Crippen LogP contribution < -0.4 is 0 Å². The van der Waals surface area contributed by atoms with E-state index in [0.29, 0.717) is 12.8 Å². The van der Waals surface area contributed by atoms with Gasteiger partial charge in [-0.3, -0.25) is 4.98 Å². The van der Waals surface area contributed by atoms with Gasteiger partial charge >= 0.3 is 0 Å². The van der Waals surface area contributed by atoms with Gasteiger partial charge in [-0.05, 0) is 52.2 Å². The van der Waals surface area contributed by atoms with Crippen molar-refractivity contribution in [2.45, 2.75) is 18.9 Å². The maximum atomic E-state index is 13.0. The highest BCUT2D eigenvalue weighted by Gasteiger charge is 2.08. The van der Waals surface area contributed by atoms with E-state index in [9.17, 15) is 9.50 Å². The van der Waals surface area contributed by atoms with Crippen LogP contribution in [-0.4, -0.2) is 16.2 Å². The molecule has 4 heteroatoms. The predicted octanol–water partition coefficient (Wildman–Crippen LogP) is 3.13. The van der Waals surface area contributed by atoms with E-state index in [1.54, 1.807) is 18.3 Å². The molecule has 0 radical (unpaired) electrons. The molecule has 94 valence electrons. The quantitative estimate of drug-likeness (QED) is 0.941. The average Bonchev–Trinajstić information content (AvgIpc) is 2.32. The zero-order chi connectivity index (χ0) is 13.0. The molecule has 0 aliphatic heterocycles. The highest BCUT2D eigenvalue weighted by atomic mass is 79.9. The Morgan fingerprint density at radius 3 is 2.72 bits per heavy atom. The molecule has 0 saturated heterocycles. The van der Waals surface area contributed by atoms with Crippen LogP contribution in [-0.2, 0) is 12.8 Å². The standard InChI is InChI=1S/C14H13BrFNO/c15-11-4-5-13(17-9-11)8-14(18)7-10-2-1-3-12(16)6-10/h1-6,9,14,18H,7-8H2. The number of benzene rings is 1. The molecule has 1 atom stereocenters. The molecule has 2 aromatic rings. The number of halogens is 2. The van der Waals surface area contributed by atoms with Gasteiger partial charge in [-0.1, -0.05) is 12.1 Å². The molecule has 18 heavy (non-hydrogen) atoms. The lowest BCUT2D eigenvalue weighted by molar-refractivity contribution is 0.174. The summed E-state index contributed by atoms with van der Waals surface area (Å²) in [6.07, 6.45) is 2.03. The van der Waals surface area contributed by atoms with Crippen LogP contribution in [0.3, 0.4) is 0 Å². The zero-order valence-electron chi connectivity index (χ0n) is 9.68. The molecule has 1 heterocycles. The smallest absolute Gasteiger partial charge is 0.123 e. The van der Waals surface area contributed by atoms with Gasteiger partial charge in [0.15, 0.2) is 0 Å². The van der Waals surface area contributed by atoms with Gasteiger partial charge in [0, 0.05) is 22.8 Å². The molecule has 2 rings (SSSR count). The Hall–Kier alpha value is -1.26. The first-order valence-electron chi connectivity index (χ1n) is 5.66. The fourth-order valence-electron chi connectivity index (χ4n) is 1.78. The van der Waals surface area contributed by atoms with Crippen LogP contribution >= 0.6 is 15.9 Å². The highest BCUT2D eigenvalue weighted by molar-refractivity contribution is 9.10. The number of nitrogens with zero attached hydrogens (tertiary/aromatic N) is 1. The maximum Gasteiger partial charge on any atom is 0.123 e. The molecule has 0 spiro atoms. The lowest BCUT2D eigenvalue weighted by Crippen LogP contribution is -2.14. The van der Waals surface area contributed by atoms with Crippen LogP contribution in [0, 0.1) is 5.82 Å². The Morgan fingerprint density at radius 2 is 2.06 bits per heavy atom. The Morgan fingerprint density at radius 1 is 1.22 bits per heavy atom. The van der Waals surface area contributed by atoms with Gasteiger partial charge in [0.1, 0.15) is 5.82 Å². The molecule has 0 amide bonds. The fourth-order valence-corrected chi connectivity index (χ4v) is 2.01. The monoisotopic (exact) mass is 309 g/mol. The van der Waals surface area contributed by atoms with Crippen molar-refractivity contribution in [2.75, 3.05) is 0 Å². The number of aliphatic hydroxyl groups excluding tert-OH is 1. The zero-order valence-corrected chi connectivity index (χ0v) is 11.3. The molecule has 0 aliphatic carbocycles. The van der Waals surface area contributed by atoms with E-state index in [-0.39, 0.29) is 5.82 Å². The average molecular weight is 310 g/mol. The number of hydrogen-bond donors (Lipinski definition) is 1. The lowest BCUT2D eigenvalue weighted by atomic mass is 10.0. The van der Waals surface area contributed by atoms with Crippen LogP contribution in [0.2, 0.25) is 0 Å². The van der Waals surface area contributed by atoms with Crippen molar-refractivity contribution < 1.29 is 9.50 Å². The van der Waals surface area contributed by atoms with Gasteiger partial charge in [-0.15, -0.1) is 0 Å². The van der Waals surface area contributed by atoms with Crippen LogP contribution in [0.15, 0.2) is 47.1 Å². The second kappa shape index (κ2) is 6.07. The normalized spacial score (nSPS) is 12.4. The van der Waals surface area contributed by atoms with Crippen LogP contribution in [0.5, 0.6) is 0 Å². The third kappa shape index (κ3) is 3.89. The van der Waals surface area contributed by atoms with Gasteiger partial charge in [-0.2, -0.15) is 0 Å². The first kappa shape index (κ1) is 13.2. The molecule has 1 unspecified atom stereocenters. The Labute approximate surface area is 114 Å². The van der Waals surface area contributed by atoms with Gasteiger partial charge in [0.25, 0.3) is 0 Å². The van der Waals surface area contributed by atoms with Crippen molar-refractivity contribution in [3.8, 4) is 0 Å². The number of hydrogen-bond acceptors (Lipinski definition) is 2. The Kier molecular flexibility index (Phi) is 4.44. The second-order valence-electron chi connectivity index (χ2n) is 4.16. The third-order valence-corrected chi connectivity index (χ3v) is 3.06. The number of aromatic nitrogens is 1. The number of aliphatic hydroxyl groups is 1.